The normalized spacial score (nSPS) is 16.3. The van der Waals surface area contributed by atoms with Gasteiger partial charge in [-0.05, 0) is 37.0 Å². The summed E-state index contributed by atoms with van der Waals surface area (Å²) < 4.78 is 6.27. The third-order valence-electron chi connectivity index (χ3n) is 4.41. The molecule has 4 nitrogen and oxygen atoms in total. The second kappa shape index (κ2) is 10.2. The molecule has 1 aliphatic carbocycles. The second-order valence-corrected chi connectivity index (χ2v) is 6.86. The molecule has 130 valence electrons. The minimum Gasteiger partial charge on any atom is -0.496 e. The van der Waals surface area contributed by atoms with E-state index in [1.54, 1.807) is 7.11 Å². The van der Waals surface area contributed by atoms with E-state index in [9.17, 15) is 4.79 Å². The molecule has 1 unspecified atom stereocenters. The summed E-state index contributed by atoms with van der Waals surface area (Å²) in [5, 5.41) is 3.12. The lowest BCUT2D eigenvalue weighted by atomic mass is 9.84. The minimum atomic E-state index is 0. The molecule has 0 bridgehead atoms. The van der Waals surface area contributed by atoms with Crippen molar-refractivity contribution in [1.29, 1.82) is 0 Å². The summed E-state index contributed by atoms with van der Waals surface area (Å²) in [7, 11) is 1.62. The van der Waals surface area contributed by atoms with E-state index in [0.717, 1.165) is 15.8 Å². The Hall–Kier alpha value is -0.780. The van der Waals surface area contributed by atoms with Crippen molar-refractivity contribution >= 4 is 34.2 Å². The van der Waals surface area contributed by atoms with Crippen LogP contribution in [0.1, 0.15) is 37.7 Å². The highest BCUT2D eigenvalue weighted by atomic mass is 79.9. The van der Waals surface area contributed by atoms with Crippen molar-refractivity contribution in [3.05, 3.63) is 28.2 Å². The first kappa shape index (κ1) is 20.3. The van der Waals surface area contributed by atoms with Gasteiger partial charge in [-0.2, -0.15) is 0 Å². The Kier molecular flexibility index (Phi) is 8.95. The maximum Gasteiger partial charge on any atom is 0.224 e. The summed E-state index contributed by atoms with van der Waals surface area (Å²) in [6.45, 7) is 0.506. The van der Waals surface area contributed by atoms with Gasteiger partial charge in [0.05, 0.1) is 13.5 Å². The number of methoxy groups -OCH3 is 1. The first-order valence-electron chi connectivity index (χ1n) is 7.96. The Morgan fingerprint density at radius 2 is 2.09 bits per heavy atom. The Bertz CT molecular complexity index is 507. The number of carbonyl (C=O) groups is 1. The number of rotatable bonds is 6. The zero-order chi connectivity index (χ0) is 15.9. The minimum absolute atomic E-state index is 0. The van der Waals surface area contributed by atoms with E-state index in [2.05, 4.69) is 21.2 Å². The van der Waals surface area contributed by atoms with Crippen molar-refractivity contribution in [2.24, 2.45) is 11.7 Å². The molecule has 1 fully saturated rings. The van der Waals surface area contributed by atoms with Gasteiger partial charge in [0, 0.05) is 22.6 Å². The quantitative estimate of drug-likeness (QED) is 0.762. The fourth-order valence-electron chi connectivity index (χ4n) is 3.22. The van der Waals surface area contributed by atoms with E-state index < -0.39 is 0 Å². The molecular weight excluding hydrogens is 380 g/mol. The van der Waals surface area contributed by atoms with Crippen LogP contribution in [0.2, 0.25) is 0 Å². The smallest absolute Gasteiger partial charge is 0.224 e. The van der Waals surface area contributed by atoms with Gasteiger partial charge in [-0.1, -0.05) is 35.2 Å². The maximum atomic E-state index is 12.4. The van der Waals surface area contributed by atoms with Crippen molar-refractivity contribution < 1.29 is 9.53 Å². The van der Waals surface area contributed by atoms with Gasteiger partial charge in [0.25, 0.3) is 0 Å². The Morgan fingerprint density at radius 1 is 1.39 bits per heavy atom. The highest BCUT2D eigenvalue weighted by Gasteiger charge is 2.24. The van der Waals surface area contributed by atoms with Crippen LogP contribution in [0.4, 0.5) is 0 Å². The van der Waals surface area contributed by atoms with Gasteiger partial charge >= 0.3 is 0 Å². The van der Waals surface area contributed by atoms with E-state index >= 15 is 0 Å². The number of nitrogens with two attached hydrogens (primary N) is 1. The van der Waals surface area contributed by atoms with Gasteiger partial charge in [-0.15, -0.1) is 12.4 Å². The molecule has 0 aliphatic heterocycles. The average Bonchev–Trinajstić information content (AvgIpc) is 2.53. The number of amides is 1. The molecule has 0 saturated heterocycles. The van der Waals surface area contributed by atoms with Gasteiger partial charge in [0.15, 0.2) is 0 Å². The maximum absolute atomic E-state index is 12.4. The number of ether oxygens (including phenoxy) is 1. The molecule has 0 heterocycles. The van der Waals surface area contributed by atoms with Gasteiger partial charge in [0.1, 0.15) is 5.75 Å². The van der Waals surface area contributed by atoms with Gasteiger partial charge in [0.2, 0.25) is 5.91 Å². The number of benzene rings is 1. The Labute approximate surface area is 153 Å². The van der Waals surface area contributed by atoms with Crippen molar-refractivity contribution in [3.8, 4) is 5.75 Å². The summed E-state index contributed by atoms with van der Waals surface area (Å²) in [5.41, 5.74) is 6.76. The highest BCUT2D eigenvalue weighted by molar-refractivity contribution is 9.10. The van der Waals surface area contributed by atoms with Crippen LogP contribution >= 0.6 is 28.3 Å². The van der Waals surface area contributed by atoms with Crippen LogP contribution in [0.15, 0.2) is 22.7 Å². The summed E-state index contributed by atoms with van der Waals surface area (Å²) in [6, 6.07) is 5.79. The number of halogens is 2. The third-order valence-corrected chi connectivity index (χ3v) is 4.91. The van der Waals surface area contributed by atoms with Crippen LogP contribution in [0, 0.1) is 5.92 Å². The van der Waals surface area contributed by atoms with E-state index in [0.29, 0.717) is 18.9 Å². The molecule has 6 heteroatoms. The second-order valence-electron chi connectivity index (χ2n) is 5.94. The molecule has 0 spiro atoms. The van der Waals surface area contributed by atoms with Crippen LogP contribution in [0.3, 0.4) is 0 Å². The van der Waals surface area contributed by atoms with Crippen LogP contribution in [-0.2, 0) is 11.2 Å². The lowest BCUT2D eigenvalue weighted by molar-refractivity contribution is -0.121. The average molecular weight is 406 g/mol. The predicted molar refractivity (Wildman–Crippen MR) is 99.2 cm³/mol. The SMILES string of the molecule is COc1ccc(Br)cc1CC(=O)NC(CN)C1CCCCC1.Cl. The number of nitrogens with one attached hydrogen (secondary N) is 1. The van der Waals surface area contributed by atoms with Crippen molar-refractivity contribution in [3.63, 3.8) is 0 Å². The Morgan fingerprint density at radius 3 is 2.70 bits per heavy atom. The van der Waals surface area contributed by atoms with Crippen molar-refractivity contribution in [1.82, 2.24) is 5.32 Å². The zero-order valence-electron chi connectivity index (χ0n) is 13.5. The van der Waals surface area contributed by atoms with E-state index in [1.807, 2.05) is 18.2 Å². The highest BCUT2D eigenvalue weighted by Crippen LogP contribution is 2.27. The molecule has 1 aromatic rings. The topological polar surface area (TPSA) is 64.3 Å². The first-order chi connectivity index (χ1) is 10.6. The molecule has 1 amide bonds. The molecule has 3 N–H and O–H groups in total. The zero-order valence-corrected chi connectivity index (χ0v) is 15.9. The fourth-order valence-corrected chi connectivity index (χ4v) is 3.63. The van der Waals surface area contributed by atoms with Crippen LogP contribution in [0.25, 0.3) is 0 Å². The largest absolute Gasteiger partial charge is 0.496 e. The summed E-state index contributed by atoms with van der Waals surface area (Å²) >= 11 is 3.44. The van der Waals surface area contributed by atoms with Gasteiger partial charge in [-0.3, -0.25) is 4.79 Å². The molecule has 23 heavy (non-hydrogen) atoms. The summed E-state index contributed by atoms with van der Waals surface area (Å²) in [4.78, 5) is 12.4. The number of hydrogen-bond acceptors (Lipinski definition) is 3. The van der Waals surface area contributed by atoms with Gasteiger partial charge < -0.3 is 15.8 Å². The van der Waals surface area contributed by atoms with E-state index in [4.69, 9.17) is 10.5 Å². The molecule has 0 radical (unpaired) electrons. The van der Waals surface area contributed by atoms with Crippen LogP contribution in [-0.4, -0.2) is 25.6 Å². The van der Waals surface area contributed by atoms with Crippen LogP contribution < -0.4 is 15.8 Å². The number of hydrogen-bond donors (Lipinski definition) is 2. The first-order valence-corrected chi connectivity index (χ1v) is 8.75. The summed E-state index contributed by atoms with van der Waals surface area (Å²) in [5.74, 6) is 1.27. The van der Waals surface area contributed by atoms with Gasteiger partial charge in [-0.25, -0.2) is 0 Å². The van der Waals surface area contributed by atoms with Crippen molar-refractivity contribution in [2.45, 2.75) is 44.6 Å². The fraction of sp³-hybridized carbons (Fsp3) is 0.588. The van der Waals surface area contributed by atoms with E-state index in [1.165, 1.54) is 32.1 Å². The van der Waals surface area contributed by atoms with Crippen LogP contribution in [0.5, 0.6) is 5.75 Å². The lowest BCUT2D eigenvalue weighted by Gasteiger charge is -2.30. The lowest BCUT2D eigenvalue weighted by Crippen LogP contribution is -2.46. The van der Waals surface area contributed by atoms with Crippen molar-refractivity contribution in [2.75, 3.05) is 13.7 Å². The number of carbonyl (C=O) groups excluding carboxylic acids is 1. The molecule has 1 aromatic carbocycles. The standard InChI is InChI=1S/C17H25BrN2O2.ClH/c1-22-16-8-7-14(18)9-13(16)10-17(21)20-15(11-19)12-5-3-2-4-6-12;/h7-9,12,15H,2-6,10-11,19H2,1H3,(H,20,21);1H. The molecule has 1 aliphatic rings. The molecule has 0 aromatic heterocycles. The third kappa shape index (κ3) is 5.98. The molecule has 1 saturated carbocycles. The molecular formula is C17H26BrClN2O2. The monoisotopic (exact) mass is 404 g/mol. The predicted octanol–water partition coefficient (Wildman–Crippen LogP) is 3.45. The van der Waals surface area contributed by atoms with E-state index in [-0.39, 0.29) is 24.4 Å². The molecule has 1 atom stereocenters. The Balaban J connectivity index is 0.00000264. The molecule has 2 rings (SSSR count). The summed E-state index contributed by atoms with van der Waals surface area (Å²) in [6.07, 6.45) is 6.44.